The van der Waals surface area contributed by atoms with Crippen LogP contribution < -0.4 is 5.73 Å². The van der Waals surface area contributed by atoms with Gasteiger partial charge in [-0.25, -0.2) is 0 Å². The average Bonchev–Trinajstić information content (AvgIpc) is 3.09. The fraction of sp³-hybridized carbons (Fsp3) is 0.375. The van der Waals surface area contributed by atoms with Crippen molar-refractivity contribution in [1.29, 1.82) is 0 Å². The minimum Gasteiger partial charge on any atom is -0.411 e. The molecule has 1 aliphatic rings. The summed E-state index contributed by atoms with van der Waals surface area (Å²) >= 11 is 7.12. The summed E-state index contributed by atoms with van der Waals surface area (Å²) in [6, 6.07) is 7.10. The van der Waals surface area contributed by atoms with Crippen molar-refractivity contribution in [2.24, 2.45) is 11.7 Å². The van der Waals surface area contributed by atoms with Gasteiger partial charge in [-0.3, -0.25) is 9.59 Å². The second-order valence-electron chi connectivity index (χ2n) is 5.75. The van der Waals surface area contributed by atoms with Gasteiger partial charge in [-0.05, 0) is 31.0 Å². The minimum atomic E-state index is -0.354. The second kappa shape index (κ2) is 7.88. The number of halogens is 1. The maximum atomic E-state index is 12.3. The highest BCUT2D eigenvalue weighted by atomic mass is 35.5. The molecule has 2 amide bonds. The maximum Gasteiger partial charge on any atom is 0.277 e. The lowest BCUT2D eigenvalue weighted by Gasteiger charge is -2.31. The Hall–Kier alpha value is -2.06. The number of primary amides is 1. The largest absolute Gasteiger partial charge is 0.411 e. The molecule has 1 aliphatic heterocycles. The number of aromatic nitrogens is 2. The van der Waals surface area contributed by atoms with Crippen LogP contribution in [0.15, 0.2) is 33.9 Å². The quantitative estimate of drug-likeness (QED) is 0.798. The van der Waals surface area contributed by atoms with E-state index in [-0.39, 0.29) is 23.5 Å². The van der Waals surface area contributed by atoms with E-state index in [9.17, 15) is 9.59 Å². The fourth-order valence-electron chi connectivity index (χ4n) is 2.66. The number of hydrogen-bond donors (Lipinski definition) is 1. The number of carbonyl (C=O) groups is 2. The van der Waals surface area contributed by atoms with E-state index in [0.29, 0.717) is 29.2 Å². The van der Waals surface area contributed by atoms with Gasteiger partial charge in [0.25, 0.3) is 5.22 Å². The molecule has 0 spiro atoms. The number of likely N-dealkylation sites (tertiary alicyclic amines) is 1. The Kier molecular flexibility index (Phi) is 5.60. The summed E-state index contributed by atoms with van der Waals surface area (Å²) in [5.74, 6) is -0.167. The Balaban J connectivity index is 1.57. The molecule has 0 radical (unpaired) electrons. The Morgan fingerprint density at radius 3 is 3.00 bits per heavy atom. The van der Waals surface area contributed by atoms with E-state index in [1.165, 1.54) is 11.8 Å². The number of nitrogens with zero attached hydrogens (tertiary/aromatic N) is 3. The second-order valence-corrected chi connectivity index (χ2v) is 7.12. The summed E-state index contributed by atoms with van der Waals surface area (Å²) in [6.45, 7) is 1.02. The molecule has 25 heavy (non-hydrogen) atoms. The molecule has 2 aromatic rings. The normalized spacial score (nSPS) is 17.5. The summed E-state index contributed by atoms with van der Waals surface area (Å²) in [5.41, 5.74) is 6.06. The lowest BCUT2D eigenvalue weighted by atomic mass is 9.97. The number of nitrogens with two attached hydrogens (primary N) is 1. The summed E-state index contributed by atoms with van der Waals surface area (Å²) < 4.78 is 5.56. The Labute approximate surface area is 153 Å². The van der Waals surface area contributed by atoms with Crippen LogP contribution >= 0.6 is 23.4 Å². The van der Waals surface area contributed by atoms with Gasteiger partial charge >= 0.3 is 0 Å². The van der Waals surface area contributed by atoms with Crippen LogP contribution in [-0.4, -0.2) is 45.8 Å². The number of hydrogen-bond acceptors (Lipinski definition) is 6. The topological polar surface area (TPSA) is 102 Å². The summed E-state index contributed by atoms with van der Waals surface area (Å²) in [6.07, 6.45) is 1.52. The molecule has 1 atom stereocenters. The van der Waals surface area contributed by atoms with E-state index in [1.54, 1.807) is 23.1 Å². The first-order valence-electron chi connectivity index (χ1n) is 7.82. The molecule has 132 valence electrons. The van der Waals surface area contributed by atoms with Gasteiger partial charge < -0.3 is 15.1 Å². The highest BCUT2D eigenvalue weighted by molar-refractivity contribution is 7.99. The van der Waals surface area contributed by atoms with Crippen LogP contribution in [-0.2, 0) is 9.59 Å². The van der Waals surface area contributed by atoms with Gasteiger partial charge in [0.2, 0.25) is 17.7 Å². The number of benzene rings is 1. The minimum absolute atomic E-state index is 0.0709. The number of thioether (sulfide) groups is 1. The summed E-state index contributed by atoms with van der Waals surface area (Å²) in [5, 5.41) is 8.80. The molecule has 0 unspecified atom stereocenters. The number of carbonyl (C=O) groups excluding carboxylic acids is 2. The lowest BCUT2D eigenvalue weighted by molar-refractivity contribution is -0.132. The SMILES string of the molecule is NC(=O)[C@H]1CCCN(C(=O)CSc2nnc(-c3cccc(Cl)c3)o2)C1. The smallest absolute Gasteiger partial charge is 0.277 e. The molecule has 3 rings (SSSR count). The first-order valence-corrected chi connectivity index (χ1v) is 9.18. The lowest BCUT2D eigenvalue weighted by Crippen LogP contribution is -2.44. The fourth-order valence-corrected chi connectivity index (χ4v) is 3.51. The van der Waals surface area contributed by atoms with Crippen molar-refractivity contribution in [1.82, 2.24) is 15.1 Å². The molecule has 0 saturated carbocycles. The third kappa shape index (κ3) is 4.52. The molecule has 1 fully saturated rings. The molecule has 9 heteroatoms. The van der Waals surface area contributed by atoms with Crippen molar-refractivity contribution in [3.63, 3.8) is 0 Å². The molecule has 0 bridgehead atoms. The molecule has 1 aromatic heterocycles. The maximum absolute atomic E-state index is 12.3. The predicted molar refractivity (Wildman–Crippen MR) is 94.0 cm³/mol. The van der Waals surface area contributed by atoms with Crippen molar-refractivity contribution in [3.8, 4) is 11.5 Å². The number of amides is 2. The molecule has 0 aliphatic carbocycles. The van der Waals surface area contributed by atoms with Crippen LogP contribution in [0.3, 0.4) is 0 Å². The van der Waals surface area contributed by atoms with Gasteiger partial charge in [-0.2, -0.15) is 0 Å². The highest BCUT2D eigenvalue weighted by Gasteiger charge is 2.27. The zero-order valence-corrected chi connectivity index (χ0v) is 14.9. The monoisotopic (exact) mass is 380 g/mol. The van der Waals surface area contributed by atoms with Crippen LogP contribution in [0.1, 0.15) is 12.8 Å². The van der Waals surface area contributed by atoms with E-state index in [4.69, 9.17) is 21.8 Å². The first kappa shape index (κ1) is 17.8. The molecule has 1 aromatic carbocycles. The van der Waals surface area contributed by atoms with Crippen LogP contribution in [0.2, 0.25) is 5.02 Å². The van der Waals surface area contributed by atoms with E-state index in [1.807, 2.05) is 6.07 Å². The summed E-state index contributed by atoms with van der Waals surface area (Å²) in [7, 11) is 0. The van der Waals surface area contributed by atoms with Gasteiger partial charge in [-0.1, -0.05) is 29.4 Å². The summed E-state index contributed by atoms with van der Waals surface area (Å²) in [4.78, 5) is 25.3. The molecule has 2 N–H and O–H groups in total. The molecule has 2 heterocycles. The van der Waals surface area contributed by atoms with E-state index >= 15 is 0 Å². The molecular formula is C16H17ClN4O3S. The van der Waals surface area contributed by atoms with Crippen LogP contribution in [0.4, 0.5) is 0 Å². The van der Waals surface area contributed by atoms with E-state index in [0.717, 1.165) is 18.4 Å². The Morgan fingerprint density at radius 1 is 1.40 bits per heavy atom. The first-order chi connectivity index (χ1) is 12.0. The Morgan fingerprint density at radius 2 is 2.24 bits per heavy atom. The van der Waals surface area contributed by atoms with Crippen molar-refractivity contribution >= 4 is 35.2 Å². The third-order valence-corrected chi connectivity index (χ3v) is 5.01. The van der Waals surface area contributed by atoms with Gasteiger partial charge in [0.15, 0.2) is 0 Å². The van der Waals surface area contributed by atoms with Crippen LogP contribution in [0, 0.1) is 5.92 Å². The zero-order valence-electron chi connectivity index (χ0n) is 13.4. The molecular weight excluding hydrogens is 364 g/mol. The van der Waals surface area contributed by atoms with Gasteiger partial charge in [0, 0.05) is 23.7 Å². The van der Waals surface area contributed by atoms with E-state index < -0.39 is 0 Å². The Bertz CT molecular complexity index is 782. The van der Waals surface area contributed by atoms with Crippen LogP contribution in [0.5, 0.6) is 0 Å². The number of rotatable bonds is 5. The van der Waals surface area contributed by atoms with Crippen molar-refractivity contribution < 1.29 is 14.0 Å². The predicted octanol–water partition coefficient (Wildman–Crippen LogP) is 2.21. The van der Waals surface area contributed by atoms with Gasteiger partial charge in [0.1, 0.15) is 0 Å². The zero-order chi connectivity index (χ0) is 17.8. The van der Waals surface area contributed by atoms with Gasteiger partial charge in [0.05, 0.1) is 11.7 Å². The third-order valence-electron chi connectivity index (χ3n) is 3.97. The van der Waals surface area contributed by atoms with Crippen LogP contribution in [0.25, 0.3) is 11.5 Å². The van der Waals surface area contributed by atoms with Crippen molar-refractivity contribution in [2.75, 3.05) is 18.8 Å². The molecule has 1 saturated heterocycles. The van der Waals surface area contributed by atoms with Crippen molar-refractivity contribution in [2.45, 2.75) is 18.1 Å². The average molecular weight is 381 g/mol. The standard InChI is InChI=1S/C16H17ClN4O3S/c17-12-5-1-3-10(7-12)15-19-20-16(24-15)25-9-13(22)21-6-2-4-11(8-21)14(18)23/h1,3,5,7,11H,2,4,6,8-9H2,(H2,18,23)/t11-/m0/s1. The van der Waals surface area contributed by atoms with Crippen molar-refractivity contribution in [3.05, 3.63) is 29.3 Å². The molecule has 7 nitrogen and oxygen atoms in total. The van der Waals surface area contributed by atoms with E-state index in [2.05, 4.69) is 10.2 Å². The highest BCUT2D eigenvalue weighted by Crippen LogP contribution is 2.25. The number of piperidine rings is 1. The van der Waals surface area contributed by atoms with Gasteiger partial charge in [-0.15, -0.1) is 10.2 Å².